The number of carboxylic acids is 1. The summed E-state index contributed by atoms with van der Waals surface area (Å²) in [7, 11) is -16.3. The minimum absolute atomic E-state index is 0.120. The second-order valence-corrected chi connectivity index (χ2v) is 14.6. The topological polar surface area (TPSA) is 336 Å². The van der Waals surface area contributed by atoms with Crippen molar-refractivity contribution in [2.45, 2.75) is 56.0 Å². The van der Waals surface area contributed by atoms with Crippen LogP contribution in [0.15, 0.2) is 37.2 Å². The number of aromatic carboxylic acids is 1. The number of aromatic nitrogens is 5. The van der Waals surface area contributed by atoms with Gasteiger partial charge in [-0.05, 0) is 13.0 Å². The van der Waals surface area contributed by atoms with E-state index in [2.05, 4.69) is 23.8 Å². The first kappa shape index (κ1) is 36.6. The first-order valence-electron chi connectivity index (χ1n) is 13.5. The van der Waals surface area contributed by atoms with Crippen LogP contribution in [0.2, 0.25) is 0 Å². The molecule has 48 heavy (non-hydrogen) atoms. The molecule has 0 saturated carbocycles. The lowest BCUT2D eigenvalue weighted by atomic mass is 10.1. The SMILES string of the molecule is Cc1ncnc2c1ncn2C1OC(COP(=O)(O)OP(=O)(O)OCC2OC([n+]3cccc(C(=O)[O-])c3)[C@H](O)[C@@H]2O)[C@@H](O)[C@H]1OP(=O)(O)O. The molecule has 23 nitrogen and oxygen atoms in total. The number of aliphatic hydroxyl groups is 3. The van der Waals surface area contributed by atoms with E-state index in [1.807, 2.05) is 0 Å². The standard InChI is InChI=1S/C22H28N5O18P3/c1-10-14-19(24-8-23-10)27(9-25-14)21-18(44-46(33,34)35)16(29)13(43-21)7-41-48(38,39)45-47(36,37)40-6-12-15(28)17(30)20(42-12)26-4-2-3-11(5-26)22(31)32/h2-5,8-9,12-13,15-18,20-21,28-30H,6-7H2,1H3,(H4-,31,32,33,34,35,36,37,38,39)/t12?,13?,15-,16-,17-,18-,20?,21?/m1/s1. The van der Waals surface area contributed by atoms with Gasteiger partial charge in [-0.25, -0.2) is 28.6 Å². The van der Waals surface area contributed by atoms with E-state index in [9.17, 15) is 58.5 Å². The molecular formula is C22H28N5O18P3. The van der Waals surface area contributed by atoms with Crippen LogP contribution in [-0.4, -0.2) is 110 Å². The van der Waals surface area contributed by atoms with Crippen molar-refractivity contribution in [1.82, 2.24) is 19.5 Å². The molecule has 3 aromatic rings. The van der Waals surface area contributed by atoms with Gasteiger partial charge in [-0.15, -0.1) is 0 Å². The molecule has 26 heteroatoms. The molecule has 10 atom stereocenters. The van der Waals surface area contributed by atoms with Crippen LogP contribution in [0, 0.1) is 6.92 Å². The Balaban J connectivity index is 1.21. The fourth-order valence-corrected chi connectivity index (χ4v) is 7.54. The van der Waals surface area contributed by atoms with Crippen LogP contribution in [0.4, 0.5) is 0 Å². The average molecular weight is 743 g/mol. The predicted octanol–water partition coefficient (Wildman–Crippen LogP) is -2.91. The number of carbonyl (C=O) groups excluding carboxylic acids is 1. The van der Waals surface area contributed by atoms with Crippen molar-refractivity contribution in [1.29, 1.82) is 0 Å². The number of rotatable bonds is 13. The molecule has 5 heterocycles. The fraction of sp³-hybridized carbons (Fsp3) is 0.500. The number of pyridine rings is 1. The Morgan fingerprint density at radius 2 is 1.62 bits per heavy atom. The molecular weight excluding hydrogens is 715 g/mol. The highest BCUT2D eigenvalue weighted by molar-refractivity contribution is 7.61. The fourth-order valence-electron chi connectivity index (χ4n) is 4.90. The van der Waals surface area contributed by atoms with Crippen LogP contribution in [0.5, 0.6) is 0 Å². The minimum Gasteiger partial charge on any atom is -0.545 e. The Labute approximate surface area is 268 Å². The molecule has 2 aliphatic rings. The van der Waals surface area contributed by atoms with E-state index in [0.717, 1.165) is 21.7 Å². The Hall–Kier alpha value is -2.66. The molecule has 2 fully saturated rings. The van der Waals surface area contributed by atoms with Gasteiger partial charge in [0.05, 0.1) is 36.8 Å². The summed E-state index contributed by atoms with van der Waals surface area (Å²) in [6.45, 7) is -0.441. The van der Waals surface area contributed by atoms with Crippen molar-refractivity contribution in [3.63, 3.8) is 0 Å². The molecule has 264 valence electrons. The highest BCUT2D eigenvalue weighted by Crippen LogP contribution is 2.61. The van der Waals surface area contributed by atoms with Crippen molar-refractivity contribution in [3.05, 3.63) is 48.4 Å². The van der Waals surface area contributed by atoms with Crippen LogP contribution >= 0.6 is 23.5 Å². The van der Waals surface area contributed by atoms with Crippen molar-refractivity contribution in [2.24, 2.45) is 0 Å². The largest absolute Gasteiger partial charge is 0.545 e. The van der Waals surface area contributed by atoms with E-state index < -0.39 is 91.7 Å². The predicted molar refractivity (Wildman–Crippen MR) is 146 cm³/mol. The third kappa shape index (κ3) is 8.20. The van der Waals surface area contributed by atoms with Gasteiger partial charge in [-0.2, -0.15) is 8.88 Å². The number of ether oxygens (including phenoxy) is 2. The summed E-state index contributed by atoms with van der Waals surface area (Å²) < 4.78 is 68.3. The molecule has 0 radical (unpaired) electrons. The molecule has 0 spiro atoms. The average Bonchev–Trinajstić information content (AvgIpc) is 3.64. The van der Waals surface area contributed by atoms with Crippen molar-refractivity contribution < 1.29 is 90.4 Å². The van der Waals surface area contributed by atoms with Crippen molar-refractivity contribution >= 4 is 40.6 Å². The Kier molecular flexibility index (Phi) is 10.6. The van der Waals surface area contributed by atoms with Crippen LogP contribution < -0.4 is 9.67 Å². The summed E-state index contributed by atoms with van der Waals surface area (Å²) in [5.74, 6) is -1.54. The zero-order valence-electron chi connectivity index (χ0n) is 24.2. The number of aryl methyl sites for hydroxylation is 1. The number of fused-ring (bicyclic) bond motifs is 1. The molecule has 2 saturated heterocycles. The quantitative estimate of drug-likeness (QED) is 0.0681. The minimum atomic E-state index is -5.52. The molecule has 0 bridgehead atoms. The molecule has 3 aromatic heterocycles. The number of imidazole rings is 1. The molecule has 2 aliphatic heterocycles. The van der Waals surface area contributed by atoms with E-state index in [4.69, 9.17) is 18.5 Å². The maximum atomic E-state index is 12.6. The van der Waals surface area contributed by atoms with Gasteiger partial charge in [0.1, 0.15) is 42.4 Å². The molecule has 6 unspecified atom stereocenters. The molecule has 0 aromatic carbocycles. The Morgan fingerprint density at radius 3 is 2.25 bits per heavy atom. The normalized spacial score (nSPS) is 30.3. The van der Waals surface area contributed by atoms with E-state index >= 15 is 0 Å². The van der Waals surface area contributed by atoms with E-state index in [1.165, 1.54) is 24.7 Å². The molecule has 0 aliphatic carbocycles. The van der Waals surface area contributed by atoms with Gasteiger partial charge in [-0.1, -0.05) is 0 Å². The smallest absolute Gasteiger partial charge is 0.481 e. The number of aliphatic hydroxyl groups excluding tert-OH is 3. The number of nitrogens with zero attached hydrogens (tertiary/aromatic N) is 5. The van der Waals surface area contributed by atoms with Crippen LogP contribution in [0.3, 0.4) is 0 Å². The van der Waals surface area contributed by atoms with Crippen molar-refractivity contribution in [3.8, 4) is 0 Å². The molecule has 7 N–H and O–H groups in total. The first-order chi connectivity index (χ1) is 22.4. The van der Waals surface area contributed by atoms with Crippen molar-refractivity contribution in [2.75, 3.05) is 13.2 Å². The number of carbonyl (C=O) groups is 1. The number of hydrogen-bond donors (Lipinski definition) is 7. The van der Waals surface area contributed by atoms with Crippen LogP contribution in [0.25, 0.3) is 11.2 Å². The highest BCUT2D eigenvalue weighted by Gasteiger charge is 2.51. The van der Waals surface area contributed by atoms with Gasteiger partial charge in [0.25, 0.3) is 6.23 Å². The highest BCUT2D eigenvalue weighted by atomic mass is 31.3. The number of carboxylic acid groups (broad SMARTS) is 1. The third-order valence-electron chi connectivity index (χ3n) is 7.09. The molecule has 0 amide bonds. The van der Waals surface area contributed by atoms with Gasteiger partial charge in [0.15, 0.2) is 30.4 Å². The zero-order chi connectivity index (χ0) is 35.2. The van der Waals surface area contributed by atoms with E-state index in [1.54, 1.807) is 6.92 Å². The van der Waals surface area contributed by atoms with E-state index in [-0.39, 0.29) is 16.7 Å². The van der Waals surface area contributed by atoms with Gasteiger partial charge >= 0.3 is 23.5 Å². The number of phosphoric acid groups is 3. The monoisotopic (exact) mass is 743 g/mol. The van der Waals surface area contributed by atoms with Gasteiger partial charge < -0.3 is 54.3 Å². The maximum Gasteiger partial charge on any atom is 0.481 e. The van der Waals surface area contributed by atoms with Gasteiger partial charge in [0.2, 0.25) is 0 Å². The summed E-state index contributed by atoms with van der Waals surface area (Å²) >= 11 is 0. The Morgan fingerprint density at radius 1 is 0.979 bits per heavy atom. The molecule has 5 rings (SSSR count). The maximum absolute atomic E-state index is 12.6. The summed E-state index contributed by atoms with van der Waals surface area (Å²) in [4.78, 5) is 62.3. The number of hydrogen-bond acceptors (Lipinski definition) is 17. The lowest BCUT2D eigenvalue weighted by molar-refractivity contribution is -0.765. The summed E-state index contributed by atoms with van der Waals surface area (Å²) in [6.07, 6.45) is -8.55. The van der Waals surface area contributed by atoms with Gasteiger partial charge in [0, 0.05) is 6.07 Å². The second kappa shape index (κ2) is 13.9. The summed E-state index contributed by atoms with van der Waals surface area (Å²) in [5.41, 5.74) is 0.549. The Bertz CT molecular complexity index is 1810. The summed E-state index contributed by atoms with van der Waals surface area (Å²) in [5, 5.41) is 42.6. The van der Waals surface area contributed by atoms with Crippen LogP contribution in [0.1, 0.15) is 28.5 Å². The van der Waals surface area contributed by atoms with Crippen LogP contribution in [-0.2, 0) is 41.1 Å². The third-order valence-corrected chi connectivity index (χ3v) is 10.2. The summed E-state index contributed by atoms with van der Waals surface area (Å²) in [6, 6.07) is 2.49. The lowest BCUT2D eigenvalue weighted by Crippen LogP contribution is -2.46. The first-order valence-corrected chi connectivity index (χ1v) is 18.0. The number of phosphoric ester groups is 3. The zero-order valence-corrected chi connectivity index (χ0v) is 26.9. The second-order valence-electron chi connectivity index (χ2n) is 10.4. The van der Waals surface area contributed by atoms with Gasteiger partial charge in [-0.3, -0.25) is 18.1 Å². The van der Waals surface area contributed by atoms with E-state index in [0.29, 0.717) is 5.69 Å². The lowest BCUT2D eigenvalue weighted by Gasteiger charge is -2.22.